The lowest BCUT2D eigenvalue weighted by atomic mass is 9.75. The van der Waals surface area contributed by atoms with E-state index < -0.39 is 17.2 Å². The van der Waals surface area contributed by atoms with Crippen molar-refractivity contribution >= 4 is 93.8 Å². The van der Waals surface area contributed by atoms with Crippen LogP contribution in [0.5, 0.6) is 0 Å². The van der Waals surface area contributed by atoms with Crippen molar-refractivity contribution in [1.82, 2.24) is 39.8 Å². The molecule has 1 saturated heterocycles. The van der Waals surface area contributed by atoms with E-state index in [0.717, 1.165) is 86.9 Å². The van der Waals surface area contributed by atoms with Gasteiger partial charge >= 0.3 is 6.18 Å². The summed E-state index contributed by atoms with van der Waals surface area (Å²) in [5.41, 5.74) is 20.2. The first-order valence-electron chi connectivity index (χ1n) is 39.8. The molecule has 7 aromatic heterocycles. The first-order valence-corrected chi connectivity index (χ1v) is 40.2. The van der Waals surface area contributed by atoms with E-state index in [0.29, 0.717) is 10.9 Å². The minimum absolute atomic E-state index is 0.0416. The lowest BCUT2D eigenvalue weighted by molar-refractivity contribution is -0.138. The van der Waals surface area contributed by atoms with Gasteiger partial charge in [-0.1, -0.05) is 197 Å². The van der Waals surface area contributed by atoms with Crippen molar-refractivity contribution in [3.8, 4) is 0 Å². The second kappa shape index (κ2) is 33.5. The monoisotopic (exact) mass is 1540 g/mol. The van der Waals surface area contributed by atoms with E-state index in [1.54, 1.807) is 45.2 Å². The van der Waals surface area contributed by atoms with Crippen molar-refractivity contribution < 1.29 is 22.4 Å². The highest BCUT2D eigenvalue weighted by Crippen LogP contribution is 2.42. The van der Waals surface area contributed by atoms with Gasteiger partial charge in [-0.25, -0.2) is 4.39 Å². The van der Waals surface area contributed by atoms with Crippen LogP contribution in [0.1, 0.15) is 264 Å². The largest absolute Gasteiger partial charge is 0.416 e. The van der Waals surface area contributed by atoms with Gasteiger partial charge in [0.15, 0.2) is 0 Å². The summed E-state index contributed by atoms with van der Waals surface area (Å²) in [6.07, 6.45) is 13.8. The zero-order chi connectivity index (χ0) is 82.8. The molecule has 8 heterocycles. The number of amides is 1. The Balaban J connectivity index is 0.000000151. The maximum atomic E-state index is 13.7. The average molecular weight is 1540 g/mol. The standard InChI is InChI=1S/C18H24N2O.C16H23N.C14H19N.C13H14F3N.C13H17N.C12H14ClN.C12H14FN/c1-18(2,3)15-12-16-13(7-8-19-16)11-14(15)17(21)20-9-5-4-6-10-20;1-15(2,3)12-9-11-7-8-17-14(11)10-13(12)16(4,5)6;1-5-10-8-11-6-7-15-13(11)9-12(10)14(2,3)4;1-12(2,3)9-7-11-8(4-5-17-11)6-10(9)13(14,15)16;1-9-8-14-11-7-5-6-10(12(9)11)13(2,3)4;2*1-12(2,3)9-7-11-8(4-5-14-11)6-10(9)13/h7-8,11-12,19H,4-6,9-10H2,1-3H3;7-10,17H,1-6H3;6-9,15H,5H2,1-4H3;4-7,17H,1-3H3;5-8,14H,1-4H3;2*4-7,14H,1-3H3. The molecular weight excluding hydrogens is 1420 g/mol. The number of nitrogens with one attached hydrogen (secondary N) is 7. The van der Waals surface area contributed by atoms with Gasteiger partial charge in [-0.3, -0.25) is 4.79 Å². The minimum Gasteiger partial charge on any atom is -0.361 e. The highest BCUT2D eigenvalue weighted by molar-refractivity contribution is 6.32. The molecule has 0 unspecified atom stereocenters. The first kappa shape index (κ1) is 86.8. The molecule has 9 nitrogen and oxygen atoms in total. The number of nitrogens with zero attached hydrogens (tertiary/aromatic N) is 1. The third kappa shape index (κ3) is 21.2. The topological polar surface area (TPSA) is 131 Å². The number of fused-ring (bicyclic) bond motifs is 7. The molecule has 0 saturated carbocycles. The number of hydrogen-bond acceptors (Lipinski definition) is 1. The summed E-state index contributed by atoms with van der Waals surface area (Å²) in [5.74, 6) is 0.0762. The molecule has 1 aliphatic rings. The van der Waals surface area contributed by atoms with Crippen LogP contribution in [0.3, 0.4) is 0 Å². The van der Waals surface area contributed by atoms with Crippen LogP contribution in [-0.4, -0.2) is 58.8 Å². The molecule has 0 spiro atoms. The fraction of sp³-hybridized carbons (Fsp3) is 0.418. The highest BCUT2D eigenvalue weighted by Gasteiger charge is 2.37. The second-order valence-corrected chi connectivity index (χ2v) is 39.1. The predicted molar refractivity (Wildman–Crippen MR) is 472 cm³/mol. The van der Waals surface area contributed by atoms with E-state index in [2.05, 4.69) is 252 Å². The molecule has 14 heteroatoms. The summed E-state index contributed by atoms with van der Waals surface area (Å²) in [4.78, 5) is 37.4. The third-order valence-electron chi connectivity index (χ3n) is 21.1. The van der Waals surface area contributed by atoms with E-state index in [-0.39, 0.29) is 49.6 Å². The van der Waals surface area contributed by atoms with Gasteiger partial charge in [0.1, 0.15) is 5.82 Å². The third-order valence-corrected chi connectivity index (χ3v) is 21.4. The molecule has 598 valence electrons. The van der Waals surface area contributed by atoms with Gasteiger partial charge in [0.2, 0.25) is 0 Å². The summed E-state index contributed by atoms with van der Waals surface area (Å²) in [6, 6.07) is 42.3. The number of halogens is 5. The van der Waals surface area contributed by atoms with Crippen LogP contribution in [-0.2, 0) is 55.9 Å². The van der Waals surface area contributed by atoms with E-state index in [9.17, 15) is 22.4 Å². The van der Waals surface area contributed by atoms with Crippen LogP contribution < -0.4 is 0 Å². The number of benzene rings is 7. The van der Waals surface area contributed by atoms with E-state index in [1.165, 1.54) is 89.5 Å². The van der Waals surface area contributed by atoms with E-state index in [4.69, 9.17) is 11.6 Å². The van der Waals surface area contributed by atoms with Gasteiger partial charge in [-0.05, 0) is 263 Å². The molecule has 7 aromatic carbocycles. The Morgan fingerprint density at radius 1 is 0.366 bits per heavy atom. The molecule has 0 radical (unpaired) electrons. The van der Waals surface area contributed by atoms with Gasteiger partial charge in [-0.2, -0.15) is 13.2 Å². The van der Waals surface area contributed by atoms with Crippen LogP contribution in [0.25, 0.3) is 76.3 Å². The highest BCUT2D eigenvalue weighted by atomic mass is 35.5. The summed E-state index contributed by atoms with van der Waals surface area (Å²) in [7, 11) is 0. The fourth-order valence-electron chi connectivity index (χ4n) is 14.9. The van der Waals surface area contributed by atoms with Crippen molar-refractivity contribution in [1.29, 1.82) is 0 Å². The smallest absolute Gasteiger partial charge is 0.361 e. The van der Waals surface area contributed by atoms with Crippen molar-refractivity contribution in [3.05, 3.63) is 248 Å². The summed E-state index contributed by atoms with van der Waals surface area (Å²) < 4.78 is 52.7. The molecule has 14 aromatic rings. The maximum Gasteiger partial charge on any atom is 0.416 e. The Kier molecular flexibility index (Phi) is 25.9. The molecule has 1 fully saturated rings. The van der Waals surface area contributed by atoms with Crippen molar-refractivity contribution in [2.24, 2.45) is 0 Å². The molecule has 15 rings (SSSR count). The molecule has 0 bridgehead atoms. The summed E-state index contributed by atoms with van der Waals surface area (Å²) >= 11 is 6.23. The normalized spacial score (nSPS) is 13.4. The number of aromatic nitrogens is 7. The van der Waals surface area contributed by atoms with Crippen LogP contribution in [0.15, 0.2) is 171 Å². The summed E-state index contributed by atoms with van der Waals surface area (Å²) in [5, 5.41) is 8.67. The van der Waals surface area contributed by atoms with Crippen LogP contribution in [0, 0.1) is 12.7 Å². The Hall–Kier alpha value is -9.20. The number of piperidine rings is 1. The first-order chi connectivity index (χ1) is 51.8. The number of rotatable bonds is 2. The molecule has 112 heavy (non-hydrogen) atoms. The fourth-order valence-corrected chi connectivity index (χ4v) is 15.3. The number of carbonyl (C=O) groups excluding carboxylic acids is 1. The molecule has 0 atom stereocenters. The SMILES string of the molecule is CC(C)(C)c1cc2[nH]ccc2cc1C(=O)N1CCCCC1.CC(C)(C)c1cc2[nH]ccc2cc1C(F)(F)F.CC(C)(C)c1cc2[nH]ccc2cc1Cl.CC(C)(C)c1cc2[nH]ccc2cc1F.CC(C)(C)c1cc2cc[nH]c2cc1C(C)(C)C.CCc1cc2cc[nH]c2cc1C(C)(C)C.Cc1c[nH]c2cccc(C(C)(C)C)c12. The van der Waals surface area contributed by atoms with E-state index in [1.807, 2.05) is 87.0 Å². The Morgan fingerprint density at radius 3 is 1.12 bits per heavy atom. The lowest BCUT2D eigenvalue weighted by Gasteiger charge is -2.30. The Morgan fingerprint density at radius 2 is 0.705 bits per heavy atom. The van der Waals surface area contributed by atoms with Crippen molar-refractivity contribution in [2.75, 3.05) is 13.1 Å². The zero-order valence-corrected chi connectivity index (χ0v) is 72.4. The second-order valence-electron chi connectivity index (χ2n) is 38.7. The Labute approximate surface area is 668 Å². The van der Waals surface area contributed by atoms with Gasteiger partial charge in [0.25, 0.3) is 5.91 Å². The van der Waals surface area contributed by atoms with Crippen LogP contribution in [0.4, 0.5) is 17.6 Å². The van der Waals surface area contributed by atoms with E-state index >= 15 is 0 Å². The van der Waals surface area contributed by atoms with Gasteiger partial charge < -0.3 is 39.8 Å². The van der Waals surface area contributed by atoms with Crippen molar-refractivity contribution in [2.45, 2.75) is 255 Å². The van der Waals surface area contributed by atoms with Crippen LogP contribution in [0.2, 0.25) is 5.02 Å². The number of alkyl halides is 3. The molecule has 1 amide bonds. The quantitative estimate of drug-likeness (QED) is 0.0855. The molecular formula is C98H125ClF4N8O. The maximum absolute atomic E-state index is 13.7. The lowest BCUT2D eigenvalue weighted by Crippen LogP contribution is -2.36. The van der Waals surface area contributed by atoms with Gasteiger partial charge in [0, 0.05) is 127 Å². The molecule has 0 aliphatic carbocycles. The molecule has 7 N–H and O–H groups in total. The number of H-pyrrole nitrogens is 7. The van der Waals surface area contributed by atoms with Crippen molar-refractivity contribution in [3.63, 3.8) is 0 Å². The number of aryl methyl sites for hydroxylation is 2. The predicted octanol–water partition coefficient (Wildman–Crippen LogP) is 28.9. The Bertz CT molecular complexity index is 5230. The number of carbonyl (C=O) groups is 1. The number of hydrogen-bond donors (Lipinski definition) is 7. The minimum atomic E-state index is -4.31. The molecule has 1 aliphatic heterocycles. The zero-order valence-electron chi connectivity index (χ0n) is 71.7. The van der Waals surface area contributed by atoms with Gasteiger partial charge in [-0.15, -0.1) is 0 Å². The number of likely N-dealkylation sites (tertiary alicyclic amines) is 1. The average Bonchev–Trinajstić information content (AvgIpc) is 1.37. The van der Waals surface area contributed by atoms with Gasteiger partial charge in [0.05, 0.1) is 5.56 Å². The van der Waals surface area contributed by atoms with Crippen LogP contribution >= 0.6 is 11.6 Å². The number of aromatic amines is 7. The summed E-state index contributed by atoms with van der Waals surface area (Å²) in [6.45, 7) is 57.9.